The lowest BCUT2D eigenvalue weighted by atomic mass is 9.87. The molecule has 0 saturated carbocycles. The van der Waals surface area contributed by atoms with Gasteiger partial charge >= 0.3 is 23.9 Å². The van der Waals surface area contributed by atoms with Crippen molar-refractivity contribution in [3.63, 3.8) is 0 Å². The number of rotatable bonds is 5. The second-order valence-corrected chi connectivity index (χ2v) is 9.95. The quantitative estimate of drug-likeness (QED) is 0.365. The Morgan fingerprint density at radius 1 is 0.846 bits per heavy atom. The fraction of sp³-hybridized carbons (Fsp3) is 0.259. The molecule has 0 amide bonds. The number of fused-ring (bicyclic) bond motifs is 2. The summed E-state index contributed by atoms with van der Waals surface area (Å²) in [5, 5.41) is 32.0. The number of halogens is 1. The van der Waals surface area contributed by atoms with Gasteiger partial charge in [-0.25, -0.2) is 19.2 Å². The van der Waals surface area contributed by atoms with Crippen molar-refractivity contribution >= 4 is 47.2 Å². The van der Waals surface area contributed by atoms with Crippen molar-refractivity contribution in [1.29, 1.82) is 0 Å². The second-order valence-electron chi connectivity index (χ2n) is 8.43. The van der Waals surface area contributed by atoms with E-state index in [1.165, 1.54) is 23.3 Å². The van der Waals surface area contributed by atoms with Crippen LogP contribution in [0.3, 0.4) is 0 Å². The van der Waals surface area contributed by atoms with Crippen LogP contribution in [-0.4, -0.2) is 69.3 Å². The van der Waals surface area contributed by atoms with Crippen LogP contribution in [0.1, 0.15) is 24.5 Å². The standard InChI is InChI=1S/C19H20ClNOS.2C4H4O4/c1-21-10-8-13(9-11-21)19-15-4-2-3-5-17(15)23-18-7-6-14(20)12-16(18)22-19;2*5-3(6)1-2-4(7)8/h2-7,12-13,19H,8-11H2,1H3;2*1-2H,(H,5,6)(H,7,8)/b;2*2-1-. The summed E-state index contributed by atoms with van der Waals surface area (Å²) in [6.45, 7) is 2.28. The number of likely N-dealkylation sites (tertiary alicyclic amines) is 1. The Labute approximate surface area is 234 Å². The molecule has 39 heavy (non-hydrogen) atoms. The van der Waals surface area contributed by atoms with E-state index in [9.17, 15) is 19.2 Å². The average molecular weight is 578 g/mol. The second kappa shape index (κ2) is 15.6. The molecule has 0 spiro atoms. The number of carboxylic acids is 4. The van der Waals surface area contributed by atoms with E-state index >= 15 is 0 Å². The number of nitrogens with zero attached hydrogens (tertiary/aromatic N) is 1. The van der Waals surface area contributed by atoms with Crippen molar-refractivity contribution < 1.29 is 44.3 Å². The van der Waals surface area contributed by atoms with Crippen molar-refractivity contribution in [2.24, 2.45) is 5.92 Å². The fourth-order valence-corrected chi connectivity index (χ4v) is 4.94. The third kappa shape index (κ3) is 11.2. The maximum atomic E-state index is 9.55. The predicted octanol–water partition coefficient (Wildman–Crippen LogP) is 4.69. The minimum Gasteiger partial charge on any atom is -0.484 e. The number of piperidine rings is 1. The van der Waals surface area contributed by atoms with E-state index in [4.69, 9.17) is 36.8 Å². The minimum absolute atomic E-state index is 0.118. The topological polar surface area (TPSA) is 162 Å². The van der Waals surface area contributed by atoms with Crippen LogP contribution in [0.4, 0.5) is 0 Å². The van der Waals surface area contributed by atoms with E-state index in [1.54, 1.807) is 11.8 Å². The molecule has 0 aromatic heterocycles. The van der Waals surface area contributed by atoms with Crippen LogP contribution >= 0.6 is 23.4 Å². The first-order valence-electron chi connectivity index (χ1n) is 11.7. The van der Waals surface area contributed by atoms with E-state index in [-0.39, 0.29) is 6.10 Å². The Balaban J connectivity index is 0.000000277. The lowest BCUT2D eigenvalue weighted by Gasteiger charge is -2.34. The van der Waals surface area contributed by atoms with E-state index in [0.29, 0.717) is 30.2 Å². The van der Waals surface area contributed by atoms with Gasteiger partial charge in [-0.1, -0.05) is 41.6 Å². The summed E-state index contributed by atoms with van der Waals surface area (Å²) in [5.41, 5.74) is 1.32. The Morgan fingerprint density at radius 2 is 1.36 bits per heavy atom. The summed E-state index contributed by atoms with van der Waals surface area (Å²) in [6, 6.07) is 14.6. The van der Waals surface area contributed by atoms with E-state index in [2.05, 4.69) is 42.3 Å². The van der Waals surface area contributed by atoms with E-state index in [1.807, 2.05) is 12.1 Å². The zero-order valence-corrected chi connectivity index (χ0v) is 22.5. The van der Waals surface area contributed by atoms with Gasteiger partial charge in [-0.05, 0) is 57.2 Å². The molecule has 2 aromatic rings. The van der Waals surface area contributed by atoms with Crippen molar-refractivity contribution in [3.8, 4) is 5.75 Å². The molecular formula is C27H28ClNO9S. The zero-order chi connectivity index (χ0) is 28.9. The number of ether oxygens (including phenoxy) is 1. The summed E-state index contributed by atoms with van der Waals surface area (Å²) in [6.07, 6.45) is 4.70. The van der Waals surface area contributed by atoms with Crippen LogP contribution in [0.15, 0.2) is 76.6 Å². The molecule has 0 radical (unpaired) electrons. The summed E-state index contributed by atoms with van der Waals surface area (Å²) in [5.74, 6) is -3.56. The molecule has 1 atom stereocenters. The highest BCUT2D eigenvalue weighted by Gasteiger charge is 2.32. The predicted molar refractivity (Wildman–Crippen MR) is 144 cm³/mol. The lowest BCUT2D eigenvalue weighted by Crippen LogP contribution is -2.34. The molecule has 1 fully saturated rings. The summed E-state index contributed by atoms with van der Waals surface area (Å²) >= 11 is 7.98. The van der Waals surface area contributed by atoms with Gasteiger partial charge in [-0.3, -0.25) is 0 Å². The molecule has 0 aliphatic carbocycles. The molecule has 2 aliphatic rings. The molecular weight excluding hydrogens is 550 g/mol. The highest BCUT2D eigenvalue weighted by molar-refractivity contribution is 7.99. The summed E-state index contributed by atoms with van der Waals surface area (Å²) < 4.78 is 6.52. The molecule has 4 rings (SSSR count). The van der Waals surface area contributed by atoms with Gasteiger partial charge in [0.15, 0.2) is 0 Å². The average Bonchev–Trinajstić information content (AvgIpc) is 3.04. The van der Waals surface area contributed by atoms with Gasteiger partial charge in [0.2, 0.25) is 0 Å². The largest absolute Gasteiger partial charge is 0.484 e. The third-order valence-corrected chi connectivity index (χ3v) is 6.92. The number of benzene rings is 2. The Morgan fingerprint density at radius 3 is 1.87 bits per heavy atom. The molecule has 208 valence electrons. The van der Waals surface area contributed by atoms with Gasteiger partial charge in [0.1, 0.15) is 11.9 Å². The molecule has 1 saturated heterocycles. The molecule has 2 heterocycles. The maximum absolute atomic E-state index is 9.55. The number of carboxylic acid groups (broad SMARTS) is 4. The minimum atomic E-state index is -1.26. The number of aliphatic carboxylic acids is 4. The van der Waals surface area contributed by atoms with Gasteiger partial charge in [-0.15, -0.1) is 0 Å². The van der Waals surface area contributed by atoms with Crippen LogP contribution in [0.2, 0.25) is 5.02 Å². The Kier molecular flexibility index (Phi) is 12.5. The number of hydrogen-bond donors (Lipinski definition) is 4. The molecule has 4 N–H and O–H groups in total. The van der Waals surface area contributed by atoms with Gasteiger partial charge in [0.05, 0.1) is 4.90 Å². The van der Waals surface area contributed by atoms with Crippen LogP contribution in [0.5, 0.6) is 5.75 Å². The van der Waals surface area contributed by atoms with Crippen LogP contribution < -0.4 is 4.74 Å². The molecule has 12 heteroatoms. The summed E-state index contributed by atoms with van der Waals surface area (Å²) in [4.78, 5) is 43.1. The van der Waals surface area contributed by atoms with Gasteiger partial charge < -0.3 is 30.1 Å². The first kappa shape index (κ1) is 31.4. The highest BCUT2D eigenvalue weighted by atomic mass is 35.5. The first-order chi connectivity index (χ1) is 18.5. The molecule has 2 aliphatic heterocycles. The normalized spacial score (nSPS) is 16.8. The monoisotopic (exact) mass is 577 g/mol. The lowest BCUT2D eigenvalue weighted by molar-refractivity contribution is -0.134. The smallest absolute Gasteiger partial charge is 0.328 e. The van der Waals surface area contributed by atoms with Gasteiger partial charge in [0, 0.05) is 45.7 Å². The van der Waals surface area contributed by atoms with Crippen molar-refractivity contribution in [2.75, 3.05) is 20.1 Å². The third-order valence-electron chi connectivity index (χ3n) is 5.53. The van der Waals surface area contributed by atoms with E-state index in [0.717, 1.165) is 28.8 Å². The number of hydrogen-bond acceptors (Lipinski definition) is 7. The van der Waals surface area contributed by atoms with E-state index < -0.39 is 23.9 Å². The fourth-order valence-electron chi connectivity index (χ4n) is 3.75. The molecule has 1 unspecified atom stereocenters. The van der Waals surface area contributed by atoms with Crippen molar-refractivity contribution in [1.82, 2.24) is 4.90 Å². The van der Waals surface area contributed by atoms with Gasteiger partial charge in [-0.2, -0.15) is 0 Å². The van der Waals surface area contributed by atoms with Crippen LogP contribution in [0.25, 0.3) is 0 Å². The SMILES string of the molecule is CN1CCC(C2Oc3cc(Cl)ccc3Sc3ccccc32)CC1.O=C(O)/C=C\C(=O)O.O=C(O)/C=C\C(=O)O. The molecule has 10 nitrogen and oxygen atoms in total. The summed E-state index contributed by atoms with van der Waals surface area (Å²) in [7, 11) is 2.20. The maximum Gasteiger partial charge on any atom is 0.328 e. The number of carbonyl (C=O) groups is 4. The van der Waals surface area contributed by atoms with Crippen LogP contribution in [0, 0.1) is 5.92 Å². The molecule has 0 bridgehead atoms. The molecule has 2 aromatic carbocycles. The first-order valence-corrected chi connectivity index (χ1v) is 12.8. The zero-order valence-electron chi connectivity index (χ0n) is 20.9. The Bertz CT molecular complexity index is 1170. The highest BCUT2D eigenvalue weighted by Crippen LogP contribution is 2.47. The van der Waals surface area contributed by atoms with Crippen LogP contribution in [-0.2, 0) is 19.2 Å². The van der Waals surface area contributed by atoms with Crippen molar-refractivity contribution in [2.45, 2.75) is 28.7 Å². The Hall–Kier alpha value is -3.80. The van der Waals surface area contributed by atoms with Crippen molar-refractivity contribution in [3.05, 3.63) is 77.4 Å². The van der Waals surface area contributed by atoms with Gasteiger partial charge in [0.25, 0.3) is 0 Å².